The first-order valence-corrected chi connectivity index (χ1v) is 29.6. The van der Waals surface area contributed by atoms with E-state index in [0.29, 0.717) is 19.4 Å². The number of ether oxygens (including phenoxy) is 1. The van der Waals surface area contributed by atoms with Gasteiger partial charge in [0.2, 0.25) is 5.91 Å². The van der Waals surface area contributed by atoms with Gasteiger partial charge in [-0.25, -0.2) is 0 Å². The van der Waals surface area contributed by atoms with Gasteiger partial charge < -0.3 is 20.3 Å². The van der Waals surface area contributed by atoms with E-state index < -0.39 is 12.1 Å². The van der Waals surface area contributed by atoms with Crippen molar-refractivity contribution in [3.05, 3.63) is 60.8 Å². The molecule has 0 aromatic rings. The molecule has 0 spiro atoms. The van der Waals surface area contributed by atoms with Crippen LogP contribution in [-0.4, -0.2) is 47.4 Å². The van der Waals surface area contributed by atoms with Gasteiger partial charge >= 0.3 is 5.97 Å². The lowest BCUT2D eigenvalue weighted by Gasteiger charge is -2.20. The van der Waals surface area contributed by atoms with Crippen LogP contribution in [0.4, 0.5) is 0 Å². The number of aliphatic hydroxyl groups is 2. The molecule has 0 saturated heterocycles. The summed E-state index contributed by atoms with van der Waals surface area (Å²) in [6.07, 6.45) is 73.8. The summed E-state index contributed by atoms with van der Waals surface area (Å²) in [6.45, 7) is 4.83. The normalized spacial score (nSPS) is 13.1. The van der Waals surface area contributed by atoms with Crippen molar-refractivity contribution in [2.75, 3.05) is 13.2 Å². The predicted molar refractivity (Wildman–Crippen MR) is 296 cm³/mol. The molecule has 0 fully saturated rings. The highest BCUT2D eigenvalue weighted by Gasteiger charge is 2.18. The minimum atomic E-state index is -0.856. The molecular formula is C62H113NO5. The maximum absolute atomic E-state index is 12.4. The summed E-state index contributed by atoms with van der Waals surface area (Å²) in [5, 5.41) is 23.1. The fourth-order valence-corrected chi connectivity index (χ4v) is 8.69. The van der Waals surface area contributed by atoms with Gasteiger partial charge in [0.05, 0.1) is 25.4 Å². The number of allylic oxidation sites excluding steroid dienone is 9. The second-order valence-electron chi connectivity index (χ2n) is 20.0. The number of hydrogen-bond donors (Lipinski definition) is 3. The van der Waals surface area contributed by atoms with Crippen LogP contribution in [0.2, 0.25) is 0 Å². The number of unbranched alkanes of at least 4 members (excludes halogenated alkanes) is 35. The van der Waals surface area contributed by atoms with E-state index in [1.54, 1.807) is 6.08 Å². The standard InChI is InChI=1S/C62H113NO5/c1-3-5-7-9-11-13-15-17-19-20-21-24-28-32-36-40-44-48-52-56-62(67)68-57-53-49-45-41-37-33-29-25-22-23-27-31-35-39-43-47-51-55-61(66)63-59(58-64)60(65)54-50-46-42-38-34-30-26-18-16-14-12-10-8-6-4-2/h11,13,17,19,22,25,33,37,50,54,59-60,64-65H,3-10,12,14-16,18,20-21,23-24,26-32,34-36,38-49,51-53,55-58H2,1-2H3,(H,63,66)/b13-11-,19-17-,25-22-,37-33-,54-50+. The third-order valence-corrected chi connectivity index (χ3v) is 13.3. The van der Waals surface area contributed by atoms with Crippen LogP contribution in [0, 0.1) is 0 Å². The summed E-state index contributed by atoms with van der Waals surface area (Å²) >= 11 is 0. The molecule has 0 saturated carbocycles. The first kappa shape index (κ1) is 65.6. The van der Waals surface area contributed by atoms with Crippen LogP contribution < -0.4 is 5.32 Å². The second-order valence-corrected chi connectivity index (χ2v) is 20.0. The largest absolute Gasteiger partial charge is 0.466 e. The van der Waals surface area contributed by atoms with E-state index >= 15 is 0 Å². The van der Waals surface area contributed by atoms with E-state index in [4.69, 9.17) is 4.74 Å². The predicted octanol–water partition coefficient (Wildman–Crippen LogP) is 18.4. The van der Waals surface area contributed by atoms with E-state index in [0.717, 1.165) is 89.9 Å². The quantitative estimate of drug-likeness (QED) is 0.0321. The Morgan fingerprint density at radius 1 is 0.412 bits per heavy atom. The summed E-state index contributed by atoms with van der Waals surface area (Å²) in [4.78, 5) is 24.5. The third-order valence-electron chi connectivity index (χ3n) is 13.3. The Morgan fingerprint density at radius 2 is 0.735 bits per heavy atom. The number of hydrogen-bond acceptors (Lipinski definition) is 5. The van der Waals surface area contributed by atoms with Gasteiger partial charge in [-0.1, -0.05) is 242 Å². The molecule has 0 aromatic carbocycles. The number of esters is 1. The van der Waals surface area contributed by atoms with Crippen LogP contribution in [0.3, 0.4) is 0 Å². The lowest BCUT2D eigenvalue weighted by atomic mass is 10.0. The maximum atomic E-state index is 12.4. The fourth-order valence-electron chi connectivity index (χ4n) is 8.69. The number of carbonyl (C=O) groups is 2. The van der Waals surface area contributed by atoms with Gasteiger partial charge in [0.25, 0.3) is 0 Å². The first-order chi connectivity index (χ1) is 33.5. The molecule has 0 heterocycles. The lowest BCUT2D eigenvalue weighted by Crippen LogP contribution is -2.45. The molecule has 0 aliphatic carbocycles. The summed E-state index contributed by atoms with van der Waals surface area (Å²) in [5.41, 5.74) is 0. The molecule has 0 aromatic heterocycles. The Labute approximate surface area is 422 Å². The molecule has 3 N–H and O–H groups in total. The highest BCUT2D eigenvalue weighted by Crippen LogP contribution is 2.16. The van der Waals surface area contributed by atoms with Crippen molar-refractivity contribution < 1.29 is 24.5 Å². The molecule has 0 aliphatic rings. The zero-order chi connectivity index (χ0) is 49.3. The monoisotopic (exact) mass is 952 g/mol. The highest BCUT2D eigenvalue weighted by atomic mass is 16.5. The van der Waals surface area contributed by atoms with Gasteiger partial charge in [-0.3, -0.25) is 9.59 Å². The average molecular weight is 953 g/mol. The van der Waals surface area contributed by atoms with Crippen LogP contribution in [-0.2, 0) is 14.3 Å². The van der Waals surface area contributed by atoms with E-state index in [1.165, 1.54) is 180 Å². The van der Waals surface area contributed by atoms with Crippen molar-refractivity contribution in [2.24, 2.45) is 0 Å². The number of carbonyl (C=O) groups excluding carboxylic acids is 2. The molecule has 6 heteroatoms. The molecule has 6 nitrogen and oxygen atoms in total. The van der Waals surface area contributed by atoms with E-state index in [1.807, 2.05) is 6.08 Å². The zero-order valence-corrected chi connectivity index (χ0v) is 45.1. The molecule has 0 radical (unpaired) electrons. The topological polar surface area (TPSA) is 95.9 Å². The van der Waals surface area contributed by atoms with Crippen LogP contribution in [0.25, 0.3) is 0 Å². The molecule has 2 atom stereocenters. The van der Waals surface area contributed by atoms with Crippen molar-refractivity contribution in [3.63, 3.8) is 0 Å². The van der Waals surface area contributed by atoms with Crippen molar-refractivity contribution in [1.29, 1.82) is 0 Å². The van der Waals surface area contributed by atoms with Gasteiger partial charge in [-0.05, 0) is 103 Å². The second kappa shape index (κ2) is 57.1. The Hall–Kier alpha value is -2.44. The summed E-state index contributed by atoms with van der Waals surface area (Å²) in [5.74, 6) is -0.106. The van der Waals surface area contributed by atoms with Crippen LogP contribution in [0.5, 0.6) is 0 Å². The molecule has 396 valence electrons. The molecule has 0 rings (SSSR count). The fraction of sp³-hybridized carbons (Fsp3) is 0.806. The van der Waals surface area contributed by atoms with Crippen molar-refractivity contribution in [3.8, 4) is 0 Å². The smallest absolute Gasteiger partial charge is 0.305 e. The highest BCUT2D eigenvalue weighted by molar-refractivity contribution is 5.76. The summed E-state index contributed by atoms with van der Waals surface area (Å²) in [7, 11) is 0. The molecule has 0 aliphatic heterocycles. The Kier molecular flexibility index (Phi) is 55.1. The Bertz CT molecular complexity index is 1190. The van der Waals surface area contributed by atoms with Gasteiger partial charge in [-0.15, -0.1) is 0 Å². The Balaban J connectivity index is 3.52. The van der Waals surface area contributed by atoms with E-state index in [2.05, 4.69) is 67.8 Å². The van der Waals surface area contributed by atoms with Gasteiger partial charge in [0.1, 0.15) is 0 Å². The number of rotatable bonds is 54. The van der Waals surface area contributed by atoms with Crippen LogP contribution in [0.1, 0.15) is 296 Å². The number of amides is 1. The van der Waals surface area contributed by atoms with Gasteiger partial charge in [0, 0.05) is 12.8 Å². The zero-order valence-electron chi connectivity index (χ0n) is 45.1. The SMILES string of the molecule is CCCCC/C=C\C/C=C\CCCCCCCCCCCC(=O)OCCCCC/C=C\C/C=C\CCCCCCCCCC(=O)NC(CO)C(O)/C=C/CCCCCCCCCCCCCCC. The number of aliphatic hydroxyl groups excluding tert-OH is 2. The molecular weight excluding hydrogens is 839 g/mol. The molecule has 1 amide bonds. The first-order valence-electron chi connectivity index (χ1n) is 29.6. The number of nitrogens with one attached hydrogen (secondary N) is 1. The van der Waals surface area contributed by atoms with Gasteiger partial charge in [0.15, 0.2) is 0 Å². The van der Waals surface area contributed by atoms with E-state index in [9.17, 15) is 19.8 Å². The van der Waals surface area contributed by atoms with Crippen LogP contribution in [0.15, 0.2) is 60.8 Å². The summed E-state index contributed by atoms with van der Waals surface area (Å²) in [6, 6.07) is -0.641. The van der Waals surface area contributed by atoms with Crippen molar-refractivity contribution >= 4 is 11.9 Å². The van der Waals surface area contributed by atoms with Gasteiger partial charge in [-0.2, -0.15) is 0 Å². The minimum absolute atomic E-state index is 0.0209. The average Bonchev–Trinajstić information content (AvgIpc) is 3.34. The molecule has 0 bridgehead atoms. The van der Waals surface area contributed by atoms with E-state index in [-0.39, 0.29) is 18.5 Å². The van der Waals surface area contributed by atoms with Crippen molar-refractivity contribution in [2.45, 2.75) is 309 Å². The Morgan fingerprint density at radius 3 is 1.15 bits per heavy atom. The maximum Gasteiger partial charge on any atom is 0.305 e. The third kappa shape index (κ3) is 52.9. The summed E-state index contributed by atoms with van der Waals surface area (Å²) < 4.78 is 5.46. The minimum Gasteiger partial charge on any atom is -0.466 e. The van der Waals surface area contributed by atoms with Crippen LogP contribution >= 0.6 is 0 Å². The lowest BCUT2D eigenvalue weighted by molar-refractivity contribution is -0.143. The van der Waals surface area contributed by atoms with Crippen molar-refractivity contribution in [1.82, 2.24) is 5.32 Å². The molecule has 2 unspecified atom stereocenters. The molecule has 68 heavy (non-hydrogen) atoms.